The molecule has 58 valence electrons. The van der Waals surface area contributed by atoms with Crippen LogP contribution in [0.4, 0.5) is 0 Å². The van der Waals surface area contributed by atoms with Crippen LogP contribution in [0, 0.1) is 0 Å². The maximum absolute atomic E-state index is 3.99. The summed E-state index contributed by atoms with van der Waals surface area (Å²) in [6.07, 6.45) is 1.69. The van der Waals surface area contributed by atoms with Crippen molar-refractivity contribution in [3.05, 3.63) is 11.1 Å². The molecule has 10 heavy (non-hydrogen) atoms. The molecule has 0 aliphatic rings. The van der Waals surface area contributed by atoms with Gasteiger partial charge in [0.2, 0.25) is 4.73 Å². The normalized spacial score (nSPS) is 9.00. The lowest BCUT2D eigenvalue weighted by Gasteiger charge is -1.90. The first-order chi connectivity index (χ1) is 4.33. The predicted molar refractivity (Wildman–Crippen MR) is 51.8 cm³/mol. The first-order valence-electron chi connectivity index (χ1n) is 2.44. The molecule has 0 aliphatic carbocycles. The number of aromatic nitrogens is 3. The van der Waals surface area contributed by atoms with Crippen molar-refractivity contribution in [2.45, 2.75) is 6.54 Å². The SMILES string of the molecule is Br.BrCCn1cnc(Br)n1. The smallest absolute Gasteiger partial charge is 0.217 e. The number of aryl methyl sites for hydroxylation is 1. The van der Waals surface area contributed by atoms with Crippen LogP contribution in [0.5, 0.6) is 0 Å². The quantitative estimate of drug-likeness (QED) is 0.774. The highest BCUT2D eigenvalue weighted by Gasteiger charge is 1.92. The third-order valence-corrected chi connectivity index (χ3v) is 1.54. The Bertz CT molecular complexity index is 188. The fourth-order valence-electron chi connectivity index (χ4n) is 0.466. The van der Waals surface area contributed by atoms with E-state index in [0.29, 0.717) is 4.73 Å². The van der Waals surface area contributed by atoms with E-state index in [1.165, 1.54) is 0 Å². The first kappa shape index (κ1) is 10.6. The summed E-state index contributed by atoms with van der Waals surface area (Å²) in [4.78, 5) is 3.88. The van der Waals surface area contributed by atoms with Gasteiger partial charge >= 0.3 is 0 Å². The lowest BCUT2D eigenvalue weighted by Crippen LogP contribution is -1.98. The molecule has 1 aromatic heterocycles. The van der Waals surface area contributed by atoms with E-state index in [-0.39, 0.29) is 17.0 Å². The van der Waals surface area contributed by atoms with E-state index in [0.717, 1.165) is 11.9 Å². The molecule has 0 fully saturated rings. The van der Waals surface area contributed by atoms with Gasteiger partial charge in [-0.05, 0) is 15.9 Å². The summed E-state index contributed by atoms with van der Waals surface area (Å²) in [5.41, 5.74) is 0. The summed E-state index contributed by atoms with van der Waals surface area (Å²) in [7, 11) is 0. The molecule has 0 bridgehead atoms. The molecular formula is C4H6Br3N3. The number of alkyl halides is 1. The average molecular weight is 336 g/mol. The minimum Gasteiger partial charge on any atom is -0.251 e. The number of rotatable bonds is 2. The monoisotopic (exact) mass is 333 g/mol. The van der Waals surface area contributed by atoms with Crippen molar-refractivity contribution in [1.82, 2.24) is 14.8 Å². The first-order valence-corrected chi connectivity index (χ1v) is 4.35. The number of halogens is 3. The molecule has 0 saturated carbocycles. The number of hydrogen-bond acceptors (Lipinski definition) is 2. The summed E-state index contributed by atoms with van der Waals surface area (Å²) in [6, 6.07) is 0. The van der Waals surface area contributed by atoms with Gasteiger partial charge in [-0.2, -0.15) is 0 Å². The Balaban J connectivity index is 0.000000810. The van der Waals surface area contributed by atoms with Crippen molar-refractivity contribution in [3.8, 4) is 0 Å². The molecule has 0 aromatic carbocycles. The molecule has 1 aromatic rings. The van der Waals surface area contributed by atoms with E-state index >= 15 is 0 Å². The standard InChI is InChI=1S/C4H5Br2N3.BrH/c5-1-2-9-3-7-4(6)8-9;/h3H,1-2H2;1H. The zero-order valence-corrected chi connectivity index (χ0v) is 9.88. The molecule has 1 heterocycles. The fraction of sp³-hybridized carbons (Fsp3) is 0.500. The van der Waals surface area contributed by atoms with Gasteiger partial charge in [-0.25, -0.2) is 4.98 Å². The highest BCUT2D eigenvalue weighted by molar-refractivity contribution is 9.10. The fourth-order valence-corrected chi connectivity index (χ4v) is 1.12. The van der Waals surface area contributed by atoms with E-state index in [1.54, 1.807) is 11.0 Å². The predicted octanol–water partition coefficient (Wildman–Crippen LogP) is 2.01. The average Bonchev–Trinajstić information content (AvgIpc) is 2.17. The van der Waals surface area contributed by atoms with Gasteiger partial charge in [0, 0.05) is 5.33 Å². The lowest BCUT2D eigenvalue weighted by molar-refractivity contribution is 0.663. The zero-order valence-electron chi connectivity index (χ0n) is 5.00. The Morgan fingerprint density at radius 1 is 1.60 bits per heavy atom. The van der Waals surface area contributed by atoms with Gasteiger partial charge in [-0.1, -0.05) is 15.9 Å². The second-order valence-electron chi connectivity index (χ2n) is 1.47. The largest absolute Gasteiger partial charge is 0.251 e. The van der Waals surface area contributed by atoms with Crippen LogP contribution in [0.15, 0.2) is 11.1 Å². The molecule has 1 rings (SSSR count). The number of nitrogens with zero attached hydrogens (tertiary/aromatic N) is 3. The Hall–Kier alpha value is 0.580. The Morgan fingerprint density at radius 2 is 2.30 bits per heavy atom. The van der Waals surface area contributed by atoms with Crippen molar-refractivity contribution in [2.24, 2.45) is 0 Å². The minimum atomic E-state index is 0. The molecule has 6 heteroatoms. The van der Waals surface area contributed by atoms with Gasteiger partial charge < -0.3 is 0 Å². The Kier molecular flexibility index (Phi) is 5.56. The van der Waals surface area contributed by atoms with Crippen molar-refractivity contribution in [2.75, 3.05) is 5.33 Å². The highest BCUT2D eigenvalue weighted by Crippen LogP contribution is 1.98. The molecule has 0 radical (unpaired) electrons. The van der Waals surface area contributed by atoms with Gasteiger partial charge in [-0.15, -0.1) is 22.1 Å². The van der Waals surface area contributed by atoms with Gasteiger partial charge in [0.05, 0.1) is 6.54 Å². The molecule has 0 amide bonds. The molecule has 0 spiro atoms. The maximum Gasteiger partial charge on any atom is 0.217 e. The number of hydrogen-bond donors (Lipinski definition) is 0. The van der Waals surface area contributed by atoms with E-state index in [4.69, 9.17) is 0 Å². The molecule has 0 atom stereocenters. The Morgan fingerprint density at radius 3 is 2.70 bits per heavy atom. The van der Waals surface area contributed by atoms with Crippen LogP contribution >= 0.6 is 48.8 Å². The highest BCUT2D eigenvalue weighted by atomic mass is 79.9. The van der Waals surface area contributed by atoms with E-state index < -0.39 is 0 Å². The summed E-state index contributed by atoms with van der Waals surface area (Å²) in [6.45, 7) is 0.860. The van der Waals surface area contributed by atoms with E-state index in [9.17, 15) is 0 Å². The summed E-state index contributed by atoms with van der Waals surface area (Å²) in [5, 5.41) is 4.90. The van der Waals surface area contributed by atoms with Crippen molar-refractivity contribution in [1.29, 1.82) is 0 Å². The topological polar surface area (TPSA) is 30.7 Å². The van der Waals surface area contributed by atoms with Crippen molar-refractivity contribution < 1.29 is 0 Å². The van der Waals surface area contributed by atoms with E-state index in [2.05, 4.69) is 41.9 Å². The zero-order chi connectivity index (χ0) is 6.69. The molecule has 0 unspecified atom stereocenters. The third kappa shape index (κ3) is 3.12. The second kappa shape index (κ2) is 5.26. The van der Waals surface area contributed by atoms with Crippen LogP contribution in [0.1, 0.15) is 0 Å². The van der Waals surface area contributed by atoms with Crippen LogP contribution in [-0.2, 0) is 6.54 Å². The van der Waals surface area contributed by atoms with Crippen LogP contribution < -0.4 is 0 Å². The molecule has 0 aliphatic heterocycles. The van der Waals surface area contributed by atoms with Crippen molar-refractivity contribution >= 4 is 48.8 Å². The van der Waals surface area contributed by atoms with Gasteiger partial charge in [0.25, 0.3) is 0 Å². The van der Waals surface area contributed by atoms with Crippen molar-refractivity contribution in [3.63, 3.8) is 0 Å². The van der Waals surface area contributed by atoms with Crippen LogP contribution in [0.25, 0.3) is 0 Å². The van der Waals surface area contributed by atoms with Crippen LogP contribution in [0.3, 0.4) is 0 Å². The van der Waals surface area contributed by atoms with Gasteiger partial charge in [-0.3, -0.25) is 4.68 Å². The summed E-state index contributed by atoms with van der Waals surface area (Å²) < 4.78 is 2.40. The lowest BCUT2D eigenvalue weighted by atomic mass is 10.8. The van der Waals surface area contributed by atoms with Gasteiger partial charge in [0.15, 0.2) is 0 Å². The maximum atomic E-state index is 3.99. The van der Waals surface area contributed by atoms with Crippen LogP contribution in [-0.4, -0.2) is 20.1 Å². The second-order valence-corrected chi connectivity index (χ2v) is 2.97. The molecule has 0 N–H and O–H groups in total. The minimum absolute atomic E-state index is 0. The summed E-state index contributed by atoms with van der Waals surface area (Å²) >= 11 is 6.44. The Labute approximate surface area is 86.2 Å². The molecule has 0 saturated heterocycles. The van der Waals surface area contributed by atoms with Crippen LogP contribution in [0.2, 0.25) is 0 Å². The molecular weight excluding hydrogens is 330 g/mol. The van der Waals surface area contributed by atoms with Gasteiger partial charge in [0.1, 0.15) is 6.33 Å². The third-order valence-electron chi connectivity index (χ3n) is 0.822. The molecule has 3 nitrogen and oxygen atoms in total. The summed E-state index contributed by atoms with van der Waals surface area (Å²) in [5.74, 6) is 0. The van der Waals surface area contributed by atoms with E-state index in [1.807, 2.05) is 0 Å².